The standard InChI is InChI=1S/C63H43N3/c1-4-22-48(23-5-1)63(66(50-26-8-3-9-27-50)54-35-33-45-19-11-13-21-47(45)41-54)59-30-16-14-28-55(59)56-38-36-52(42-60(56)63)64(51-34-32-44-18-10-12-20-46(44)40-51)53-37-39-58-57-29-15-17-31-61(57)65(62(58)43-53)49-24-6-2-7-25-49/h1-43H. The Morgan fingerprint density at radius 1 is 0.303 bits per heavy atom. The summed E-state index contributed by atoms with van der Waals surface area (Å²) in [5, 5.41) is 7.27. The van der Waals surface area contributed by atoms with Gasteiger partial charge in [-0.3, -0.25) is 0 Å². The van der Waals surface area contributed by atoms with Crippen molar-refractivity contribution in [3.63, 3.8) is 0 Å². The van der Waals surface area contributed by atoms with E-state index in [-0.39, 0.29) is 0 Å². The second-order valence-corrected chi connectivity index (χ2v) is 17.3. The molecule has 0 saturated carbocycles. The SMILES string of the molecule is c1ccc(N(c2ccc3ccccc3c2)C2(c3ccccc3)c3ccccc3-c3ccc(N(c4ccc5ccccc5c4)c4ccc5c6ccccc6n(-c6ccccc6)c5c4)cc32)cc1. The zero-order chi connectivity index (χ0) is 43.6. The second-order valence-electron chi connectivity index (χ2n) is 17.3. The van der Waals surface area contributed by atoms with E-state index in [1.54, 1.807) is 0 Å². The van der Waals surface area contributed by atoms with Crippen LogP contribution in [0.3, 0.4) is 0 Å². The molecule has 0 saturated heterocycles. The van der Waals surface area contributed by atoms with E-state index in [1.165, 1.54) is 65.7 Å². The van der Waals surface area contributed by atoms with Crippen molar-refractivity contribution in [2.45, 2.75) is 5.54 Å². The van der Waals surface area contributed by atoms with Crippen LogP contribution >= 0.6 is 0 Å². The molecule has 0 radical (unpaired) electrons. The van der Waals surface area contributed by atoms with Crippen LogP contribution in [-0.2, 0) is 5.54 Å². The fourth-order valence-electron chi connectivity index (χ4n) is 10.9. The summed E-state index contributed by atoms with van der Waals surface area (Å²) in [6.07, 6.45) is 0. The Balaban J connectivity index is 1.11. The molecule has 1 aromatic heterocycles. The Kier molecular flexibility index (Phi) is 8.75. The average molecular weight is 842 g/mol. The number of fused-ring (bicyclic) bond motifs is 8. The number of para-hydroxylation sites is 3. The molecule has 1 aliphatic carbocycles. The molecule has 11 aromatic carbocycles. The van der Waals surface area contributed by atoms with Crippen LogP contribution in [0, 0.1) is 0 Å². The van der Waals surface area contributed by atoms with E-state index in [4.69, 9.17) is 0 Å². The van der Waals surface area contributed by atoms with Crippen LogP contribution in [0.2, 0.25) is 0 Å². The Labute approximate surface area is 384 Å². The molecule has 0 amide bonds. The molecule has 0 bridgehead atoms. The van der Waals surface area contributed by atoms with Gasteiger partial charge in [0.2, 0.25) is 0 Å². The van der Waals surface area contributed by atoms with Gasteiger partial charge in [0, 0.05) is 44.9 Å². The predicted octanol–water partition coefficient (Wildman–Crippen LogP) is 16.7. The smallest absolute Gasteiger partial charge is 0.122 e. The van der Waals surface area contributed by atoms with Gasteiger partial charge in [-0.05, 0) is 128 Å². The van der Waals surface area contributed by atoms with Crippen molar-refractivity contribution in [3.8, 4) is 16.8 Å². The van der Waals surface area contributed by atoms with Gasteiger partial charge in [0.1, 0.15) is 5.54 Å². The highest BCUT2D eigenvalue weighted by Gasteiger charge is 2.50. The van der Waals surface area contributed by atoms with E-state index in [9.17, 15) is 0 Å². The lowest BCUT2D eigenvalue weighted by Gasteiger charge is -2.45. The monoisotopic (exact) mass is 841 g/mol. The van der Waals surface area contributed by atoms with Gasteiger partial charge in [-0.15, -0.1) is 0 Å². The van der Waals surface area contributed by atoms with Gasteiger partial charge in [-0.2, -0.15) is 0 Å². The van der Waals surface area contributed by atoms with E-state index in [0.29, 0.717) is 0 Å². The first-order chi connectivity index (χ1) is 32.7. The number of hydrogen-bond acceptors (Lipinski definition) is 2. The van der Waals surface area contributed by atoms with Crippen molar-refractivity contribution in [2.24, 2.45) is 0 Å². The molecule has 3 heteroatoms. The van der Waals surface area contributed by atoms with E-state index in [0.717, 1.165) is 39.6 Å². The first kappa shape index (κ1) is 37.9. The molecule has 0 spiro atoms. The molecule has 0 fully saturated rings. The van der Waals surface area contributed by atoms with Crippen LogP contribution < -0.4 is 9.80 Å². The van der Waals surface area contributed by atoms with Crippen molar-refractivity contribution in [3.05, 3.63) is 278 Å². The zero-order valence-corrected chi connectivity index (χ0v) is 36.2. The summed E-state index contributed by atoms with van der Waals surface area (Å²) < 4.78 is 2.41. The molecule has 310 valence electrons. The Morgan fingerprint density at radius 2 is 0.818 bits per heavy atom. The highest BCUT2D eigenvalue weighted by molar-refractivity contribution is 6.10. The third-order valence-corrected chi connectivity index (χ3v) is 13.7. The maximum absolute atomic E-state index is 2.59. The summed E-state index contributed by atoms with van der Waals surface area (Å²) in [5.74, 6) is 0. The number of anilines is 5. The van der Waals surface area contributed by atoms with E-state index >= 15 is 0 Å². The molecule has 0 aliphatic heterocycles. The number of benzene rings is 11. The van der Waals surface area contributed by atoms with Crippen LogP contribution in [0.25, 0.3) is 60.2 Å². The third-order valence-electron chi connectivity index (χ3n) is 13.7. The largest absolute Gasteiger partial charge is 0.323 e. The van der Waals surface area contributed by atoms with E-state index in [1.807, 2.05) is 0 Å². The highest BCUT2D eigenvalue weighted by Crippen LogP contribution is 2.59. The summed E-state index contributed by atoms with van der Waals surface area (Å²) in [7, 11) is 0. The number of aromatic nitrogens is 1. The van der Waals surface area contributed by atoms with Gasteiger partial charge in [-0.25, -0.2) is 0 Å². The second kappa shape index (κ2) is 15.3. The van der Waals surface area contributed by atoms with Crippen molar-refractivity contribution in [1.29, 1.82) is 0 Å². The zero-order valence-electron chi connectivity index (χ0n) is 36.2. The number of rotatable bonds is 8. The summed E-state index contributed by atoms with van der Waals surface area (Å²) in [6, 6.07) is 95.9. The summed E-state index contributed by atoms with van der Waals surface area (Å²) in [5.41, 5.74) is 14.3. The number of nitrogens with zero attached hydrogens (tertiary/aromatic N) is 3. The van der Waals surface area contributed by atoms with Gasteiger partial charge in [-0.1, -0.05) is 182 Å². The van der Waals surface area contributed by atoms with Crippen LogP contribution in [0.1, 0.15) is 16.7 Å². The maximum atomic E-state index is 2.59. The Bertz CT molecular complexity index is 3780. The van der Waals surface area contributed by atoms with Crippen molar-refractivity contribution in [1.82, 2.24) is 4.57 Å². The molecule has 3 nitrogen and oxygen atoms in total. The summed E-state index contributed by atoms with van der Waals surface area (Å²) >= 11 is 0. The lowest BCUT2D eigenvalue weighted by atomic mass is 9.78. The molecule has 1 unspecified atom stereocenters. The first-order valence-electron chi connectivity index (χ1n) is 22.8. The first-order valence-corrected chi connectivity index (χ1v) is 22.8. The average Bonchev–Trinajstić information content (AvgIpc) is 3.87. The lowest BCUT2D eigenvalue weighted by molar-refractivity contribution is 0.644. The van der Waals surface area contributed by atoms with Gasteiger partial charge < -0.3 is 14.4 Å². The minimum atomic E-state index is -0.772. The molecule has 1 atom stereocenters. The third kappa shape index (κ3) is 5.84. The molecule has 66 heavy (non-hydrogen) atoms. The normalized spacial score (nSPS) is 14.1. The molecule has 13 rings (SSSR count). The molecule has 1 heterocycles. The number of hydrogen-bond donors (Lipinski definition) is 0. The van der Waals surface area contributed by atoms with Crippen molar-refractivity contribution < 1.29 is 0 Å². The van der Waals surface area contributed by atoms with Gasteiger partial charge in [0.25, 0.3) is 0 Å². The van der Waals surface area contributed by atoms with Gasteiger partial charge in [0.05, 0.1) is 11.0 Å². The predicted molar refractivity (Wildman–Crippen MR) is 277 cm³/mol. The minimum absolute atomic E-state index is 0.772. The molecule has 12 aromatic rings. The quantitative estimate of drug-likeness (QED) is 0.151. The topological polar surface area (TPSA) is 11.4 Å². The maximum Gasteiger partial charge on any atom is 0.122 e. The fourth-order valence-corrected chi connectivity index (χ4v) is 10.9. The highest BCUT2D eigenvalue weighted by atomic mass is 15.2. The van der Waals surface area contributed by atoms with Crippen LogP contribution in [0.4, 0.5) is 28.4 Å². The summed E-state index contributed by atoms with van der Waals surface area (Å²) in [4.78, 5) is 5.05. The molecule has 0 N–H and O–H groups in total. The van der Waals surface area contributed by atoms with Crippen molar-refractivity contribution >= 4 is 71.8 Å². The van der Waals surface area contributed by atoms with E-state index < -0.39 is 5.54 Å². The van der Waals surface area contributed by atoms with Crippen LogP contribution in [0.15, 0.2) is 261 Å². The van der Waals surface area contributed by atoms with Gasteiger partial charge in [0.15, 0.2) is 0 Å². The summed E-state index contributed by atoms with van der Waals surface area (Å²) in [6.45, 7) is 0. The fraction of sp³-hybridized carbons (Fsp3) is 0.0159. The van der Waals surface area contributed by atoms with E-state index in [2.05, 4.69) is 275 Å². The van der Waals surface area contributed by atoms with Crippen LogP contribution in [-0.4, -0.2) is 4.57 Å². The minimum Gasteiger partial charge on any atom is -0.323 e. The molecule has 1 aliphatic rings. The van der Waals surface area contributed by atoms with Crippen molar-refractivity contribution in [2.75, 3.05) is 9.80 Å². The Hall–Kier alpha value is -8.66. The molecular weight excluding hydrogens is 799 g/mol. The van der Waals surface area contributed by atoms with Gasteiger partial charge >= 0.3 is 0 Å². The Morgan fingerprint density at radius 3 is 1.58 bits per heavy atom. The lowest BCUT2D eigenvalue weighted by Crippen LogP contribution is -2.44. The molecular formula is C63H43N3. The van der Waals surface area contributed by atoms with Crippen LogP contribution in [0.5, 0.6) is 0 Å².